The number of hydrogen-bond donors (Lipinski definition) is 2. The average molecular weight is 236 g/mol. The quantitative estimate of drug-likeness (QED) is 0.833. The molecule has 17 heavy (non-hydrogen) atoms. The predicted molar refractivity (Wildman–Crippen MR) is 63.3 cm³/mol. The Balaban J connectivity index is 2.07. The van der Waals surface area contributed by atoms with Crippen LogP contribution in [0.15, 0.2) is 18.3 Å². The van der Waals surface area contributed by atoms with Crippen molar-refractivity contribution in [2.75, 3.05) is 12.4 Å². The van der Waals surface area contributed by atoms with Gasteiger partial charge in [-0.15, -0.1) is 0 Å². The molecule has 0 saturated heterocycles. The van der Waals surface area contributed by atoms with Gasteiger partial charge in [-0.3, -0.25) is 0 Å². The monoisotopic (exact) mass is 236 g/mol. The summed E-state index contributed by atoms with van der Waals surface area (Å²) in [6.07, 6.45) is 4.93. The van der Waals surface area contributed by atoms with E-state index in [2.05, 4.69) is 10.3 Å². The van der Waals surface area contributed by atoms with Gasteiger partial charge < -0.3 is 15.2 Å². The summed E-state index contributed by atoms with van der Waals surface area (Å²) in [7, 11) is 1.71. The van der Waals surface area contributed by atoms with Crippen LogP contribution in [-0.2, 0) is 4.74 Å². The molecule has 5 heteroatoms. The lowest BCUT2D eigenvalue weighted by Gasteiger charge is -2.20. The van der Waals surface area contributed by atoms with Gasteiger partial charge in [-0.05, 0) is 31.4 Å². The number of nitrogens with one attached hydrogen (secondary N) is 1. The lowest BCUT2D eigenvalue weighted by molar-refractivity contribution is 0.0690. The molecule has 2 N–H and O–H groups in total. The van der Waals surface area contributed by atoms with Crippen LogP contribution in [0.3, 0.4) is 0 Å². The highest BCUT2D eigenvalue weighted by Crippen LogP contribution is 2.25. The number of aromatic carboxylic acids is 1. The Morgan fingerprint density at radius 2 is 2.41 bits per heavy atom. The van der Waals surface area contributed by atoms with Gasteiger partial charge in [0.2, 0.25) is 0 Å². The molecule has 1 aromatic heterocycles. The second-order valence-corrected chi connectivity index (χ2v) is 4.19. The van der Waals surface area contributed by atoms with Gasteiger partial charge in [-0.2, -0.15) is 0 Å². The number of ether oxygens (including phenoxy) is 1. The fourth-order valence-electron chi connectivity index (χ4n) is 2.22. The molecule has 0 aromatic carbocycles. The van der Waals surface area contributed by atoms with Crippen LogP contribution in [0.4, 0.5) is 5.69 Å². The molecule has 1 saturated carbocycles. The molecule has 0 radical (unpaired) electrons. The van der Waals surface area contributed by atoms with Crippen molar-refractivity contribution < 1.29 is 14.6 Å². The Hall–Kier alpha value is -1.62. The number of anilines is 1. The van der Waals surface area contributed by atoms with Crippen LogP contribution in [0.1, 0.15) is 29.8 Å². The number of aromatic nitrogens is 1. The summed E-state index contributed by atoms with van der Waals surface area (Å²) < 4.78 is 5.38. The maximum Gasteiger partial charge on any atom is 0.354 e. The minimum atomic E-state index is -1.01. The fraction of sp³-hybridized carbons (Fsp3) is 0.500. The zero-order valence-electron chi connectivity index (χ0n) is 9.72. The van der Waals surface area contributed by atoms with E-state index in [1.807, 2.05) is 0 Å². The summed E-state index contributed by atoms with van der Waals surface area (Å²) in [6, 6.07) is 3.58. The normalized spacial score (nSPS) is 23.6. The number of hydrogen-bond acceptors (Lipinski definition) is 4. The van der Waals surface area contributed by atoms with Gasteiger partial charge in [0.05, 0.1) is 12.1 Å². The van der Waals surface area contributed by atoms with Gasteiger partial charge in [0.1, 0.15) is 5.69 Å². The summed E-state index contributed by atoms with van der Waals surface area (Å²) >= 11 is 0. The van der Waals surface area contributed by atoms with Gasteiger partial charge in [0.15, 0.2) is 0 Å². The third kappa shape index (κ3) is 2.74. The number of carboxylic acid groups (broad SMARTS) is 1. The Bertz CT molecular complexity index is 408. The van der Waals surface area contributed by atoms with E-state index in [4.69, 9.17) is 9.84 Å². The third-order valence-electron chi connectivity index (χ3n) is 3.09. The van der Waals surface area contributed by atoms with Gasteiger partial charge >= 0.3 is 5.97 Å². The van der Waals surface area contributed by atoms with Gasteiger partial charge in [0, 0.05) is 19.0 Å². The molecule has 5 nitrogen and oxygen atoms in total. The Kier molecular flexibility index (Phi) is 3.58. The maximum absolute atomic E-state index is 10.8. The molecule has 1 aliphatic rings. The zero-order valence-corrected chi connectivity index (χ0v) is 9.72. The summed E-state index contributed by atoms with van der Waals surface area (Å²) in [5, 5.41) is 12.2. The van der Waals surface area contributed by atoms with Crippen LogP contribution in [0, 0.1) is 0 Å². The molecule has 1 aromatic rings. The predicted octanol–water partition coefficient (Wildman–Crippen LogP) is 1.76. The molecule has 0 bridgehead atoms. The summed E-state index contributed by atoms with van der Waals surface area (Å²) in [5.41, 5.74) is 0.841. The summed E-state index contributed by atoms with van der Waals surface area (Å²) in [5.74, 6) is -1.01. The SMILES string of the molecule is COC1CCCC1Nc1ccnc(C(=O)O)c1. The Morgan fingerprint density at radius 1 is 1.59 bits per heavy atom. The molecular formula is C12H16N2O3. The minimum Gasteiger partial charge on any atom is -0.477 e. The molecule has 0 amide bonds. The second-order valence-electron chi connectivity index (χ2n) is 4.19. The topological polar surface area (TPSA) is 71.5 Å². The lowest BCUT2D eigenvalue weighted by Crippen LogP contribution is -2.29. The molecule has 1 aliphatic carbocycles. The highest BCUT2D eigenvalue weighted by atomic mass is 16.5. The maximum atomic E-state index is 10.8. The fourth-order valence-corrected chi connectivity index (χ4v) is 2.22. The van der Waals surface area contributed by atoms with Crippen LogP contribution in [0.25, 0.3) is 0 Å². The van der Waals surface area contributed by atoms with Crippen molar-refractivity contribution in [3.05, 3.63) is 24.0 Å². The Morgan fingerprint density at radius 3 is 3.12 bits per heavy atom. The molecule has 92 valence electrons. The van der Waals surface area contributed by atoms with Crippen molar-refractivity contribution in [2.45, 2.75) is 31.4 Å². The highest BCUT2D eigenvalue weighted by molar-refractivity contribution is 5.86. The highest BCUT2D eigenvalue weighted by Gasteiger charge is 2.26. The molecule has 1 heterocycles. The second kappa shape index (κ2) is 5.14. The first kappa shape index (κ1) is 11.9. The zero-order chi connectivity index (χ0) is 12.3. The van der Waals surface area contributed by atoms with E-state index in [-0.39, 0.29) is 17.8 Å². The van der Waals surface area contributed by atoms with Crippen LogP contribution in [0.2, 0.25) is 0 Å². The summed E-state index contributed by atoms with van der Waals surface area (Å²) in [4.78, 5) is 14.6. The summed E-state index contributed by atoms with van der Waals surface area (Å²) in [6.45, 7) is 0. The molecule has 2 atom stereocenters. The molecule has 1 fully saturated rings. The molecule has 2 unspecified atom stereocenters. The Labute approximate surface area is 99.8 Å². The van der Waals surface area contributed by atoms with Crippen LogP contribution >= 0.6 is 0 Å². The van der Waals surface area contributed by atoms with E-state index < -0.39 is 5.97 Å². The van der Waals surface area contributed by atoms with Crippen molar-refractivity contribution >= 4 is 11.7 Å². The van der Waals surface area contributed by atoms with Crippen molar-refractivity contribution in [3.8, 4) is 0 Å². The molecule has 2 rings (SSSR count). The van der Waals surface area contributed by atoms with Crippen LogP contribution in [-0.4, -0.2) is 35.3 Å². The molecule has 0 aliphatic heterocycles. The van der Waals surface area contributed by atoms with Crippen molar-refractivity contribution in [1.82, 2.24) is 4.98 Å². The smallest absolute Gasteiger partial charge is 0.354 e. The van der Waals surface area contributed by atoms with E-state index in [0.717, 1.165) is 24.9 Å². The van der Waals surface area contributed by atoms with Crippen molar-refractivity contribution in [1.29, 1.82) is 0 Å². The first-order valence-electron chi connectivity index (χ1n) is 5.69. The molecular weight excluding hydrogens is 220 g/mol. The largest absolute Gasteiger partial charge is 0.477 e. The number of carboxylic acids is 1. The lowest BCUT2D eigenvalue weighted by atomic mass is 10.2. The third-order valence-corrected chi connectivity index (χ3v) is 3.09. The van der Waals surface area contributed by atoms with E-state index >= 15 is 0 Å². The van der Waals surface area contributed by atoms with E-state index in [1.54, 1.807) is 19.2 Å². The van der Waals surface area contributed by atoms with E-state index in [1.165, 1.54) is 6.20 Å². The van der Waals surface area contributed by atoms with E-state index in [9.17, 15) is 4.79 Å². The number of pyridine rings is 1. The van der Waals surface area contributed by atoms with Gasteiger partial charge in [0.25, 0.3) is 0 Å². The van der Waals surface area contributed by atoms with Crippen LogP contribution in [0.5, 0.6) is 0 Å². The first-order valence-corrected chi connectivity index (χ1v) is 5.69. The first-order chi connectivity index (χ1) is 8.20. The standard InChI is InChI=1S/C12H16N2O3/c1-17-11-4-2-3-9(11)14-8-5-6-13-10(7-8)12(15)16/h5-7,9,11H,2-4H2,1H3,(H,13,14)(H,15,16). The number of rotatable bonds is 4. The van der Waals surface area contributed by atoms with Crippen LogP contribution < -0.4 is 5.32 Å². The van der Waals surface area contributed by atoms with Gasteiger partial charge in [-0.25, -0.2) is 9.78 Å². The number of methoxy groups -OCH3 is 1. The van der Waals surface area contributed by atoms with Crippen molar-refractivity contribution in [2.24, 2.45) is 0 Å². The molecule has 0 spiro atoms. The van der Waals surface area contributed by atoms with Crippen molar-refractivity contribution in [3.63, 3.8) is 0 Å². The minimum absolute atomic E-state index is 0.0574. The average Bonchev–Trinajstić information content (AvgIpc) is 2.76. The number of nitrogens with zero attached hydrogens (tertiary/aromatic N) is 1. The van der Waals surface area contributed by atoms with Gasteiger partial charge in [-0.1, -0.05) is 0 Å². The van der Waals surface area contributed by atoms with E-state index in [0.29, 0.717) is 0 Å². The number of carbonyl (C=O) groups is 1.